The standard InChI is InChI=1S/C15H22Cl2N2/c1-4-15(3)10-19(11(2)8-18-15)9-12-6-5-7-13(16)14(12)17/h5-7,11,18H,4,8-10H2,1-3H3. The van der Waals surface area contributed by atoms with Gasteiger partial charge < -0.3 is 5.32 Å². The molecule has 1 heterocycles. The molecule has 1 aliphatic rings. The summed E-state index contributed by atoms with van der Waals surface area (Å²) in [5.74, 6) is 0. The summed E-state index contributed by atoms with van der Waals surface area (Å²) in [5.41, 5.74) is 1.30. The van der Waals surface area contributed by atoms with Crippen LogP contribution in [0.4, 0.5) is 0 Å². The third-order valence-corrected chi connectivity index (χ3v) is 5.04. The number of benzene rings is 1. The summed E-state index contributed by atoms with van der Waals surface area (Å²) in [6.45, 7) is 9.67. The maximum atomic E-state index is 6.29. The molecule has 0 aliphatic carbocycles. The lowest BCUT2D eigenvalue weighted by Gasteiger charge is -2.45. The molecule has 1 aromatic rings. The molecule has 2 atom stereocenters. The van der Waals surface area contributed by atoms with E-state index in [1.807, 2.05) is 12.1 Å². The van der Waals surface area contributed by atoms with Crippen molar-refractivity contribution in [3.8, 4) is 0 Å². The Bertz CT molecular complexity index is 450. The van der Waals surface area contributed by atoms with Gasteiger partial charge >= 0.3 is 0 Å². The molecule has 1 aromatic carbocycles. The Morgan fingerprint density at radius 2 is 2.16 bits per heavy atom. The van der Waals surface area contributed by atoms with E-state index in [2.05, 4.69) is 37.1 Å². The number of piperazine rings is 1. The van der Waals surface area contributed by atoms with Crippen molar-refractivity contribution in [2.45, 2.75) is 45.3 Å². The van der Waals surface area contributed by atoms with Gasteiger partial charge in [0.15, 0.2) is 0 Å². The van der Waals surface area contributed by atoms with Gasteiger partial charge in [-0.2, -0.15) is 0 Å². The van der Waals surface area contributed by atoms with E-state index >= 15 is 0 Å². The fourth-order valence-electron chi connectivity index (χ4n) is 2.52. The first-order valence-electron chi connectivity index (χ1n) is 6.87. The minimum absolute atomic E-state index is 0.192. The Kier molecular flexibility index (Phi) is 4.78. The zero-order valence-corrected chi connectivity index (χ0v) is 13.4. The quantitative estimate of drug-likeness (QED) is 0.909. The minimum Gasteiger partial charge on any atom is -0.309 e. The van der Waals surface area contributed by atoms with Crippen LogP contribution < -0.4 is 5.32 Å². The lowest BCUT2D eigenvalue weighted by molar-refractivity contribution is 0.0866. The predicted octanol–water partition coefficient (Wildman–Crippen LogP) is 3.96. The monoisotopic (exact) mass is 300 g/mol. The van der Waals surface area contributed by atoms with E-state index in [1.165, 1.54) is 0 Å². The lowest BCUT2D eigenvalue weighted by Crippen LogP contribution is -2.61. The fourth-order valence-corrected chi connectivity index (χ4v) is 2.90. The summed E-state index contributed by atoms with van der Waals surface area (Å²) < 4.78 is 0. The van der Waals surface area contributed by atoms with Crippen LogP contribution in [0.1, 0.15) is 32.8 Å². The van der Waals surface area contributed by atoms with Crippen molar-refractivity contribution < 1.29 is 0 Å². The first-order valence-corrected chi connectivity index (χ1v) is 7.63. The maximum Gasteiger partial charge on any atom is 0.0637 e. The highest BCUT2D eigenvalue weighted by molar-refractivity contribution is 6.42. The summed E-state index contributed by atoms with van der Waals surface area (Å²) in [6, 6.07) is 6.38. The molecule has 0 bridgehead atoms. The van der Waals surface area contributed by atoms with E-state index < -0.39 is 0 Å². The van der Waals surface area contributed by atoms with E-state index in [-0.39, 0.29) is 5.54 Å². The van der Waals surface area contributed by atoms with Crippen molar-refractivity contribution >= 4 is 23.2 Å². The van der Waals surface area contributed by atoms with Crippen molar-refractivity contribution in [1.29, 1.82) is 0 Å². The molecule has 4 heteroatoms. The normalized spacial score (nSPS) is 28.6. The van der Waals surface area contributed by atoms with Crippen LogP contribution >= 0.6 is 23.2 Å². The average Bonchev–Trinajstić information content (AvgIpc) is 2.39. The molecule has 2 nitrogen and oxygen atoms in total. The fraction of sp³-hybridized carbons (Fsp3) is 0.600. The van der Waals surface area contributed by atoms with Gasteiger partial charge in [0.05, 0.1) is 10.0 Å². The average molecular weight is 301 g/mol. The van der Waals surface area contributed by atoms with Crippen molar-refractivity contribution in [3.05, 3.63) is 33.8 Å². The van der Waals surface area contributed by atoms with Gasteiger partial charge in [-0.15, -0.1) is 0 Å². The first kappa shape index (κ1) is 15.1. The highest BCUT2D eigenvalue weighted by Gasteiger charge is 2.32. The SMILES string of the molecule is CCC1(C)CN(Cc2cccc(Cl)c2Cl)C(C)CN1. The van der Waals surface area contributed by atoms with Crippen LogP contribution in [0.3, 0.4) is 0 Å². The van der Waals surface area contributed by atoms with Crippen LogP contribution in [0.2, 0.25) is 10.0 Å². The van der Waals surface area contributed by atoms with E-state index in [0.717, 1.165) is 31.6 Å². The molecule has 0 saturated carbocycles. The largest absolute Gasteiger partial charge is 0.309 e. The molecule has 1 fully saturated rings. The van der Waals surface area contributed by atoms with Crippen molar-refractivity contribution in [2.75, 3.05) is 13.1 Å². The van der Waals surface area contributed by atoms with Gasteiger partial charge in [-0.25, -0.2) is 0 Å². The number of nitrogens with one attached hydrogen (secondary N) is 1. The molecule has 0 aromatic heterocycles. The van der Waals surface area contributed by atoms with Crippen LogP contribution in [-0.4, -0.2) is 29.6 Å². The molecule has 1 saturated heterocycles. The Balaban J connectivity index is 2.14. The van der Waals surface area contributed by atoms with Crippen LogP contribution in [-0.2, 0) is 6.54 Å². The smallest absolute Gasteiger partial charge is 0.0637 e. The first-order chi connectivity index (χ1) is 8.95. The molecule has 106 valence electrons. The molecular weight excluding hydrogens is 279 g/mol. The highest BCUT2D eigenvalue weighted by atomic mass is 35.5. The Labute approximate surface area is 126 Å². The zero-order valence-electron chi connectivity index (χ0n) is 11.8. The van der Waals surface area contributed by atoms with Crippen LogP contribution in [0, 0.1) is 0 Å². The maximum absolute atomic E-state index is 6.29. The summed E-state index contributed by atoms with van der Waals surface area (Å²) in [7, 11) is 0. The van der Waals surface area contributed by atoms with Crippen molar-refractivity contribution in [3.63, 3.8) is 0 Å². The van der Waals surface area contributed by atoms with Gasteiger partial charge in [0.1, 0.15) is 0 Å². The minimum atomic E-state index is 0.192. The number of hydrogen-bond donors (Lipinski definition) is 1. The molecule has 2 rings (SSSR count). The molecular formula is C15H22Cl2N2. The summed E-state index contributed by atoms with van der Waals surface area (Å²) >= 11 is 12.4. The van der Waals surface area contributed by atoms with Gasteiger partial charge in [0, 0.05) is 31.2 Å². The summed E-state index contributed by atoms with van der Waals surface area (Å²) in [5, 5.41) is 4.96. The van der Waals surface area contributed by atoms with E-state index in [1.54, 1.807) is 0 Å². The number of rotatable bonds is 3. The zero-order chi connectivity index (χ0) is 14.0. The Morgan fingerprint density at radius 3 is 2.84 bits per heavy atom. The second kappa shape index (κ2) is 6.01. The topological polar surface area (TPSA) is 15.3 Å². The number of nitrogens with zero attached hydrogens (tertiary/aromatic N) is 1. The van der Waals surface area contributed by atoms with Gasteiger partial charge in [-0.05, 0) is 31.9 Å². The van der Waals surface area contributed by atoms with Crippen molar-refractivity contribution in [2.24, 2.45) is 0 Å². The third kappa shape index (κ3) is 3.43. The molecule has 0 amide bonds. The Morgan fingerprint density at radius 1 is 1.42 bits per heavy atom. The Hall–Kier alpha value is -0.280. The van der Waals surface area contributed by atoms with E-state index in [4.69, 9.17) is 23.2 Å². The van der Waals surface area contributed by atoms with Crippen LogP contribution in [0.15, 0.2) is 18.2 Å². The number of halogens is 2. The summed E-state index contributed by atoms with van der Waals surface area (Å²) in [4.78, 5) is 2.48. The van der Waals surface area contributed by atoms with Gasteiger partial charge in [-0.3, -0.25) is 4.90 Å². The van der Waals surface area contributed by atoms with E-state index in [0.29, 0.717) is 16.1 Å². The number of hydrogen-bond acceptors (Lipinski definition) is 2. The molecule has 0 radical (unpaired) electrons. The third-order valence-electron chi connectivity index (χ3n) is 4.18. The highest BCUT2D eigenvalue weighted by Crippen LogP contribution is 2.28. The molecule has 2 unspecified atom stereocenters. The van der Waals surface area contributed by atoms with Crippen LogP contribution in [0.25, 0.3) is 0 Å². The van der Waals surface area contributed by atoms with Crippen molar-refractivity contribution in [1.82, 2.24) is 10.2 Å². The molecule has 19 heavy (non-hydrogen) atoms. The summed E-state index contributed by atoms with van der Waals surface area (Å²) in [6.07, 6.45) is 1.12. The second-order valence-corrected chi connectivity index (χ2v) is 6.55. The van der Waals surface area contributed by atoms with Crippen LogP contribution in [0.5, 0.6) is 0 Å². The van der Waals surface area contributed by atoms with Gasteiger partial charge in [0.2, 0.25) is 0 Å². The predicted molar refractivity (Wildman–Crippen MR) is 83.0 cm³/mol. The van der Waals surface area contributed by atoms with E-state index in [9.17, 15) is 0 Å². The second-order valence-electron chi connectivity index (χ2n) is 5.76. The molecule has 1 aliphatic heterocycles. The van der Waals surface area contributed by atoms with Gasteiger partial charge in [0.25, 0.3) is 0 Å². The van der Waals surface area contributed by atoms with Gasteiger partial charge in [-0.1, -0.05) is 42.3 Å². The molecule has 1 N–H and O–H groups in total. The molecule has 0 spiro atoms. The lowest BCUT2D eigenvalue weighted by atomic mass is 9.93.